The third-order valence-corrected chi connectivity index (χ3v) is 2.99. The van der Waals surface area contributed by atoms with Crippen molar-refractivity contribution in [3.63, 3.8) is 0 Å². The second-order valence-corrected chi connectivity index (χ2v) is 4.65. The molecule has 0 unspecified atom stereocenters. The van der Waals surface area contributed by atoms with Crippen LogP contribution in [0.5, 0.6) is 11.5 Å². The van der Waals surface area contributed by atoms with Crippen LogP contribution < -0.4 is 5.43 Å². The highest BCUT2D eigenvalue weighted by atomic mass is 16.6. The zero-order chi connectivity index (χ0) is 17.0. The third-order valence-electron chi connectivity index (χ3n) is 2.99. The molecule has 8 heteroatoms. The van der Waals surface area contributed by atoms with Gasteiger partial charge in [-0.1, -0.05) is 12.1 Å². The fraction of sp³-hybridized carbons (Fsp3) is 0.0667. The summed E-state index contributed by atoms with van der Waals surface area (Å²) in [7, 11) is 0. The monoisotopic (exact) mass is 315 g/mol. The minimum absolute atomic E-state index is 0.118. The number of nitrogens with zero attached hydrogens (tertiary/aromatic N) is 2. The summed E-state index contributed by atoms with van der Waals surface area (Å²) in [5, 5.41) is 33.6. The SMILES string of the molecule is C/C(=N\NC(=O)c1ccccc1[N+](=O)[O-])c1cc(O)cc(O)c1. The Hall–Kier alpha value is -3.42. The molecule has 0 aliphatic carbocycles. The number of benzene rings is 2. The summed E-state index contributed by atoms with van der Waals surface area (Å²) in [5.41, 5.74) is 2.47. The van der Waals surface area contributed by atoms with Gasteiger partial charge < -0.3 is 10.2 Å². The van der Waals surface area contributed by atoms with E-state index in [1.165, 1.54) is 36.4 Å². The Bertz CT molecular complexity index is 781. The van der Waals surface area contributed by atoms with Crippen LogP contribution >= 0.6 is 0 Å². The summed E-state index contributed by atoms with van der Waals surface area (Å²) in [4.78, 5) is 22.3. The quantitative estimate of drug-likeness (QED) is 0.453. The van der Waals surface area contributed by atoms with Crippen LogP contribution in [0.2, 0.25) is 0 Å². The van der Waals surface area contributed by atoms with Crippen LogP contribution in [0.3, 0.4) is 0 Å². The molecule has 0 atom stereocenters. The molecule has 0 saturated carbocycles. The number of phenolic OH excluding ortho intramolecular Hbond substituents is 2. The summed E-state index contributed by atoms with van der Waals surface area (Å²) >= 11 is 0. The first-order valence-electron chi connectivity index (χ1n) is 6.50. The number of carbonyl (C=O) groups is 1. The summed E-state index contributed by atoms with van der Waals surface area (Å²) in [5.74, 6) is -1.04. The maximum Gasteiger partial charge on any atom is 0.282 e. The van der Waals surface area contributed by atoms with Crippen LogP contribution in [0, 0.1) is 10.1 Å². The number of amides is 1. The van der Waals surface area contributed by atoms with Gasteiger partial charge in [-0.15, -0.1) is 0 Å². The van der Waals surface area contributed by atoms with Crippen molar-refractivity contribution < 1.29 is 19.9 Å². The van der Waals surface area contributed by atoms with Crippen molar-refractivity contribution in [2.24, 2.45) is 5.10 Å². The Morgan fingerprint density at radius 3 is 2.39 bits per heavy atom. The number of hydrazone groups is 1. The highest BCUT2D eigenvalue weighted by Gasteiger charge is 2.18. The van der Waals surface area contributed by atoms with E-state index in [-0.39, 0.29) is 22.7 Å². The number of nitro benzene ring substituents is 1. The number of para-hydroxylation sites is 1. The normalized spacial score (nSPS) is 11.1. The average Bonchev–Trinajstić information content (AvgIpc) is 2.51. The number of hydrogen-bond acceptors (Lipinski definition) is 6. The van der Waals surface area contributed by atoms with Crippen molar-refractivity contribution in [1.29, 1.82) is 0 Å². The maximum atomic E-state index is 12.0. The summed E-state index contributed by atoms with van der Waals surface area (Å²) in [6, 6.07) is 9.37. The number of carbonyl (C=O) groups excluding carboxylic acids is 1. The average molecular weight is 315 g/mol. The molecule has 3 N–H and O–H groups in total. The van der Waals surface area contributed by atoms with E-state index in [0.717, 1.165) is 6.07 Å². The summed E-state index contributed by atoms with van der Waals surface area (Å²) < 4.78 is 0. The number of phenols is 2. The number of hydrogen-bond donors (Lipinski definition) is 3. The van der Waals surface area contributed by atoms with Crippen LogP contribution in [0.15, 0.2) is 47.6 Å². The zero-order valence-corrected chi connectivity index (χ0v) is 12.1. The molecule has 0 spiro atoms. The molecule has 0 radical (unpaired) electrons. The Labute approximate surface area is 130 Å². The number of nitrogens with one attached hydrogen (secondary N) is 1. The van der Waals surface area contributed by atoms with Gasteiger partial charge in [0.1, 0.15) is 17.1 Å². The second kappa shape index (κ2) is 6.56. The predicted molar refractivity (Wildman–Crippen MR) is 82.5 cm³/mol. The van der Waals surface area contributed by atoms with E-state index < -0.39 is 10.8 Å². The van der Waals surface area contributed by atoms with Gasteiger partial charge in [0.15, 0.2) is 0 Å². The fourth-order valence-electron chi connectivity index (χ4n) is 1.89. The van der Waals surface area contributed by atoms with Crippen LogP contribution in [0.1, 0.15) is 22.8 Å². The van der Waals surface area contributed by atoms with E-state index in [0.29, 0.717) is 11.3 Å². The van der Waals surface area contributed by atoms with Gasteiger partial charge in [-0.2, -0.15) is 5.10 Å². The molecular weight excluding hydrogens is 302 g/mol. The van der Waals surface area contributed by atoms with Crippen molar-refractivity contribution in [3.8, 4) is 11.5 Å². The topological polar surface area (TPSA) is 125 Å². The van der Waals surface area contributed by atoms with Crippen molar-refractivity contribution in [2.75, 3.05) is 0 Å². The van der Waals surface area contributed by atoms with Gasteiger partial charge in [0.2, 0.25) is 0 Å². The molecule has 2 aromatic carbocycles. The number of aromatic hydroxyl groups is 2. The van der Waals surface area contributed by atoms with Gasteiger partial charge in [0, 0.05) is 17.7 Å². The van der Waals surface area contributed by atoms with Gasteiger partial charge in [0.05, 0.1) is 10.6 Å². The van der Waals surface area contributed by atoms with E-state index in [9.17, 15) is 25.1 Å². The molecule has 8 nitrogen and oxygen atoms in total. The molecule has 1 amide bonds. The van der Waals surface area contributed by atoms with E-state index >= 15 is 0 Å². The third kappa shape index (κ3) is 3.82. The summed E-state index contributed by atoms with van der Waals surface area (Å²) in [6.07, 6.45) is 0. The Morgan fingerprint density at radius 1 is 1.17 bits per heavy atom. The number of nitro groups is 1. The lowest BCUT2D eigenvalue weighted by molar-refractivity contribution is -0.385. The van der Waals surface area contributed by atoms with Crippen LogP contribution in [0.4, 0.5) is 5.69 Å². The molecule has 2 aromatic rings. The lowest BCUT2D eigenvalue weighted by Crippen LogP contribution is -2.20. The molecule has 0 aliphatic heterocycles. The predicted octanol–water partition coefficient (Wildman–Crippen LogP) is 2.16. The minimum atomic E-state index is -0.735. The fourth-order valence-corrected chi connectivity index (χ4v) is 1.89. The standard InChI is InChI=1S/C15H13N3O5/c1-9(10-6-11(19)8-12(20)7-10)16-17-15(21)13-4-2-3-5-14(13)18(22)23/h2-8,19-20H,1H3,(H,17,21)/b16-9+. The largest absolute Gasteiger partial charge is 0.508 e. The van der Waals surface area contributed by atoms with Crippen molar-refractivity contribution in [1.82, 2.24) is 5.43 Å². The van der Waals surface area contributed by atoms with Crippen LogP contribution in [-0.4, -0.2) is 26.8 Å². The highest BCUT2D eigenvalue weighted by Crippen LogP contribution is 2.21. The molecule has 0 aliphatic rings. The first kappa shape index (κ1) is 16.0. The Balaban J connectivity index is 2.22. The van der Waals surface area contributed by atoms with Gasteiger partial charge in [0.25, 0.3) is 11.6 Å². The molecule has 0 fully saturated rings. The molecule has 23 heavy (non-hydrogen) atoms. The lowest BCUT2D eigenvalue weighted by Gasteiger charge is -2.05. The molecule has 0 bridgehead atoms. The minimum Gasteiger partial charge on any atom is -0.508 e. The van der Waals surface area contributed by atoms with Gasteiger partial charge >= 0.3 is 0 Å². The van der Waals surface area contributed by atoms with Gasteiger partial charge in [-0.25, -0.2) is 5.43 Å². The van der Waals surface area contributed by atoms with Crippen LogP contribution in [-0.2, 0) is 0 Å². The van der Waals surface area contributed by atoms with Crippen molar-refractivity contribution in [2.45, 2.75) is 6.92 Å². The molecule has 0 saturated heterocycles. The molecule has 0 heterocycles. The maximum absolute atomic E-state index is 12.0. The number of rotatable bonds is 4. The second-order valence-electron chi connectivity index (χ2n) is 4.65. The van der Waals surface area contributed by atoms with Crippen molar-refractivity contribution >= 4 is 17.3 Å². The van der Waals surface area contributed by atoms with Crippen molar-refractivity contribution in [3.05, 3.63) is 63.7 Å². The van der Waals surface area contributed by atoms with E-state index in [2.05, 4.69) is 10.5 Å². The van der Waals surface area contributed by atoms with E-state index in [1.807, 2.05) is 0 Å². The molecule has 2 rings (SSSR count). The van der Waals surface area contributed by atoms with Crippen LogP contribution in [0.25, 0.3) is 0 Å². The molecule has 0 aromatic heterocycles. The van der Waals surface area contributed by atoms with Gasteiger partial charge in [-0.05, 0) is 25.1 Å². The highest BCUT2D eigenvalue weighted by molar-refractivity contribution is 6.02. The Kier molecular flexibility index (Phi) is 4.55. The first-order valence-corrected chi connectivity index (χ1v) is 6.50. The Morgan fingerprint density at radius 2 is 1.78 bits per heavy atom. The first-order chi connectivity index (χ1) is 10.9. The molecule has 118 valence electrons. The smallest absolute Gasteiger partial charge is 0.282 e. The lowest BCUT2D eigenvalue weighted by atomic mass is 10.1. The van der Waals surface area contributed by atoms with E-state index in [1.54, 1.807) is 6.92 Å². The van der Waals surface area contributed by atoms with E-state index in [4.69, 9.17) is 0 Å². The summed E-state index contributed by atoms with van der Waals surface area (Å²) in [6.45, 7) is 1.55. The molecular formula is C15H13N3O5. The van der Waals surface area contributed by atoms with Gasteiger partial charge in [-0.3, -0.25) is 14.9 Å². The zero-order valence-electron chi connectivity index (χ0n) is 12.1.